The van der Waals surface area contributed by atoms with Gasteiger partial charge in [0.25, 0.3) is 0 Å². The zero-order valence-corrected chi connectivity index (χ0v) is 17.1. The Kier molecular flexibility index (Phi) is 3.63. The molecule has 4 aromatic carbocycles. The van der Waals surface area contributed by atoms with Gasteiger partial charge in [0.05, 0.1) is 16.7 Å². The van der Waals surface area contributed by atoms with Crippen LogP contribution in [0.3, 0.4) is 0 Å². The van der Waals surface area contributed by atoms with Crippen LogP contribution in [0.2, 0.25) is 0 Å². The summed E-state index contributed by atoms with van der Waals surface area (Å²) in [5.41, 5.74) is 9.94. The van der Waals surface area contributed by atoms with Gasteiger partial charge in [0.1, 0.15) is 0 Å². The maximum Gasteiger partial charge on any atom is 0.0593 e. The van der Waals surface area contributed by atoms with Crippen LogP contribution in [0.15, 0.2) is 91.0 Å². The van der Waals surface area contributed by atoms with Crippen molar-refractivity contribution >= 4 is 32.7 Å². The Morgan fingerprint density at radius 3 is 2.17 bits per heavy atom. The monoisotopic (exact) mass is 386 g/mol. The maximum absolute atomic E-state index is 3.72. The van der Waals surface area contributed by atoms with Gasteiger partial charge in [-0.1, -0.05) is 66.7 Å². The van der Waals surface area contributed by atoms with Crippen molar-refractivity contribution in [3.8, 4) is 16.9 Å². The number of hydrogen-bond acceptors (Lipinski definition) is 0. The zero-order chi connectivity index (χ0) is 20.2. The molecule has 0 amide bonds. The number of aromatic amines is 1. The molecule has 2 heterocycles. The van der Waals surface area contributed by atoms with Crippen molar-refractivity contribution < 1.29 is 0 Å². The summed E-state index contributed by atoms with van der Waals surface area (Å²) >= 11 is 0. The van der Waals surface area contributed by atoms with E-state index in [0.29, 0.717) is 0 Å². The maximum atomic E-state index is 3.72. The number of hydrogen-bond donors (Lipinski definition) is 1. The Bertz CT molecular complexity index is 1550. The number of nitrogens with zero attached hydrogens (tertiary/aromatic N) is 1. The lowest BCUT2D eigenvalue weighted by Gasteiger charge is -2.15. The Morgan fingerprint density at radius 1 is 0.633 bits per heavy atom. The summed E-state index contributed by atoms with van der Waals surface area (Å²) in [6.45, 7) is 4.46. The lowest BCUT2D eigenvalue weighted by atomic mass is 9.98. The van der Waals surface area contributed by atoms with Gasteiger partial charge >= 0.3 is 0 Å². The molecule has 6 rings (SSSR count). The number of benzene rings is 4. The topological polar surface area (TPSA) is 20.7 Å². The van der Waals surface area contributed by atoms with Gasteiger partial charge in [-0.05, 0) is 49.2 Å². The summed E-state index contributed by atoms with van der Waals surface area (Å²) in [6.07, 6.45) is 0. The summed E-state index contributed by atoms with van der Waals surface area (Å²) in [5, 5.41) is 3.84. The van der Waals surface area contributed by atoms with E-state index in [-0.39, 0.29) is 0 Å². The van der Waals surface area contributed by atoms with Gasteiger partial charge in [0.15, 0.2) is 0 Å². The Balaban J connectivity index is 1.82. The number of aromatic nitrogens is 2. The zero-order valence-electron chi connectivity index (χ0n) is 17.1. The van der Waals surface area contributed by atoms with Gasteiger partial charge < -0.3 is 9.55 Å². The molecule has 0 aliphatic rings. The van der Waals surface area contributed by atoms with E-state index in [1.54, 1.807) is 0 Å². The number of rotatable bonds is 2. The summed E-state index contributed by atoms with van der Waals surface area (Å²) in [4.78, 5) is 3.72. The summed E-state index contributed by atoms with van der Waals surface area (Å²) in [7, 11) is 0. The highest BCUT2D eigenvalue weighted by molar-refractivity contribution is 6.13. The average molecular weight is 386 g/mol. The first-order chi connectivity index (χ1) is 14.7. The second kappa shape index (κ2) is 6.36. The van der Waals surface area contributed by atoms with E-state index in [0.717, 1.165) is 0 Å². The number of H-pyrrole nitrogens is 1. The van der Waals surface area contributed by atoms with Crippen molar-refractivity contribution in [1.82, 2.24) is 9.55 Å². The van der Waals surface area contributed by atoms with Crippen LogP contribution in [-0.2, 0) is 0 Å². The molecule has 2 aromatic heterocycles. The smallest absolute Gasteiger partial charge is 0.0593 e. The predicted molar refractivity (Wildman–Crippen MR) is 128 cm³/mol. The molecule has 0 radical (unpaired) electrons. The SMILES string of the molecule is Cc1ccc2c([nH]c3ccccc32)c1-c1c(C)c2ccccc2n1-c1ccccc1. The van der Waals surface area contributed by atoms with E-state index < -0.39 is 0 Å². The van der Waals surface area contributed by atoms with E-state index in [1.807, 2.05) is 0 Å². The molecule has 2 nitrogen and oxygen atoms in total. The van der Waals surface area contributed by atoms with Crippen LogP contribution >= 0.6 is 0 Å². The predicted octanol–water partition coefficient (Wildman–Crippen LogP) is 7.55. The first-order valence-electron chi connectivity index (χ1n) is 10.4. The van der Waals surface area contributed by atoms with Gasteiger partial charge in [-0.15, -0.1) is 0 Å². The molecule has 0 unspecified atom stereocenters. The van der Waals surface area contributed by atoms with Crippen LogP contribution < -0.4 is 0 Å². The number of aryl methyl sites for hydroxylation is 2. The largest absolute Gasteiger partial charge is 0.354 e. The molecule has 1 N–H and O–H groups in total. The van der Waals surface area contributed by atoms with E-state index in [2.05, 4.69) is 114 Å². The van der Waals surface area contributed by atoms with Gasteiger partial charge in [-0.3, -0.25) is 0 Å². The fourth-order valence-corrected chi connectivity index (χ4v) is 4.87. The fourth-order valence-electron chi connectivity index (χ4n) is 4.87. The lowest BCUT2D eigenvalue weighted by molar-refractivity contribution is 1.12. The number of para-hydroxylation sites is 3. The minimum Gasteiger partial charge on any atom is -0.354 e. The van der Waals surface area contributed by atoms with Crippen LogP contribution in [0.25, 0.3) is 49.7 Å². The molecule has 0 spiro atoms. The molecule has 30 heavy (non-hydrogen) atoms. The van der Waals surface area contributed by atoms with E-state index in [9.17, 15) is 0 Å². The van der Waals surface area contributed by atoms with Crippen LogP contribution in [0, 0.1) is 13.8 Å². The van der Waals surface area contributed by atoms with Crippen molar-refractivity contribution in [3.63, 3.8) is 0 Å². The van der Waals surface area contributed by atoms with Gasteiger partial charge in [0.2, 0.25) is 0 Å². The third-order valence-corrected chi connectivity index (χ3v) is 6.27. The van der Waals surface area contributed by atoms with E-state index in [1.165, 1.54) is 60.8 Å². The molecule has 0 fully saturated rings. The first-order valence-corrected chi connectivity index (χ1v) is 10.4. The van der Waals surface area contributed by atoms with E-state index >= 15 is 0 Å². The highest BCUT2D eigenvalue weighted by atomic mass is 15.0. The molecule has 144 valence electrons. The third-order valence-electron chi connectivity index (χ3n) is 6.27. The number of fused-ring (bicyclic) bond motifs is 4. The highest BCUT2D eigenvalue weighted by Gasteiger charge is 2.21. The highest BCUT2D eigenvalue weighted by Crippen LogP contribution is 2.41. The molecule has 6 aromatic rings. The molecular formula is C28H22N2. The normalized spacial score (nSPS) is 11.7. The summed E-state index contributed by atoms with van der Waals surface area (Å²) in [5.74, 6) is 0. The van der Waals surface area contributed by atoms with Crippen LogP contribution in [0.1, 0.15) is 11.1 Å². The Labute approximate surface area is 175 Å². The first kappa shape index (κ1) is 17.1. The quantitative estimate of drug-likeness (QED) is 0.317. The minimum absolute atomic E-state index is 1.18. The molecule has 0 atom stereocenters. The molecule has 0 aliphatic carbocycles. The Morgan fingerprint density at radius 2 is 1.33 bits per heavy atom. The van der Waals surface area contributed by atoms with Crippen LogP contribution in [-0.4, -0.2) is 9.55 Å². The molecule has 2 heteroatoms. The van der Waals surface area contributed by atoms with Gasteiger partial charge in [0, 0.05) is 32.9 Å². The summed E-state index contributed by atoms with van der Waals surface area (Å²) < 4.78 is 2.41. The van der Waals surface area contributed by atoms with Crippen molar-refractivity contribution in [2.45, 2.75) is 13.8 Å². The second-order valence-corrected chi connectivity index (χ2v) is 8.01. The van der Waals surface area contributed by atoms with Gasteiger partial charge in [-0.2, -0.15) is 0 Å². The molecule has 0 saturated carbocycles. The summed E-state index contributed by atoms with van der Waals surface area (Å²) in [6, 6.07) is 32.5. The molecule has 0 aliphatic heterocycles. The second-order valence-electron chi connectivity index (χ2n) is 8.01. The average Bonchev–Trinajstić information content (AvgIpc) is 3.30. The van der Waals surface area contributed by atoms with Crippen LogP contribution in [0.4, 0.5) is 0 Å². The fraction of sp³-hybridized carbons (Fsp3) is 0.0714. The minimum atomic E-state index is 1.18. The third kappa shape index (κ3) is 2.31. The van der Waals surface area contributed by atoms with Gasteiger partial charge in [-0.25, -0.2) is 0 Å². The van der Waals surface area contributed by atoms with Crippen LogP contribution in [0.5, 0.6) is 0 Å². The van der Waals surface area contributed by atoms with Crippen molar-refractivity contribution in [1.29, 1.82) is 0 Å². The van der Waals surface area contributed by atoms with Crippen molar-refractivity contribution in [2.75, 3.05) is 0 Å². The molecular weight excluding hydrogens is 364 g/mol. The lowest BCUT2D eigenvalue weighted by Crippen LogP contribution is -1.99. The molecule has 0 saturated heterocycles. The number of nitrogens with one attached hydrogen (secondary N) is 1. The Hall–Kier alpha value is -3.78. The van der Waals surface area contributed by atoms with Crippen molar-refractivity contribution in [2.24, 2.45) is 0 Å². The molecule has 0 bridgehead atoms. The van der Waals surface area contributed by atoms with E-state index in [4.69, 9.17) is 0 Å². The standard InChI is InChI=1S/C28H22N2/c1-18-16-17-23-22-13-6-8-14-24(22)29-27(23)26(18)28-19(2)21-12-7-9-15-25(21)30(28)20-10-4-3-5-11-20/h3-17,29H,1-2H3. The van der Waals surface area contributed by atoms with Crippen molar-refractivity contribution in [3.05, 3.63) is 102 Å².